The molecule has 0 aliphatic carbocycles. The van der Waals surface area contributed by atoms with Crippen LogP contribution in [-0.2, 0) is 15.1 Å². The zero-order valence-electron chi connectivity index (χ0n) is 13.9. The highest BCUT2D eigenvalue weighted by Crippen LogP contribution is 2.51. The van der Waals surface area contributed by atoms with Crippen molar-refractivity contribution in [2.75, 3.05) is 0 Å². The van der Waals surface area contributed by atoms with Gasteiger partial charge in [-0.3, -0.25) is 9.79 Å². The Morgan fingerprint density at radius 3 is 2.59 bits per heavy atom. The topological polar surface area (TPSA) is 38.7 Å². The molecule has 0 spiro atoms. The molecule has 0 fully saturated rings. The van der Waals surface area contributed by atoms with Crippen LogP contribution in [0.1, 0.15) is 16.7 Å². The molecule has 138 valence electrons. The SMILES string of the molecule is CC(=O)OC1=CC(c2cc3ccccc3s2)(C(F)(F)F)N=C1c1cccs1. The van der Waals surface area contributed by atoms with Crippen molar-refractivity contribution in [3.05, 3.63) is 69.4 Å². The third-order valence-electron chi connectivity index (χ3n) is 4.10. The maximum absolute atomic E-state index is 14.3. The fourth-order valence-electron chi connectivity index (χ4n) is 2.93. The normalized spacial score (nSPS) is 19.9. The molecule has 1 aliphatic heterocycles. The lowest BCUT2D eigenvalue weighted by Gasteiger charge is -2.25. The monoisotopic (exact) mass is 407 g/mol. The predicted octanol–water partition coefficient (Wildman–Crippen LogP) is 5.67. The molecular weight excluding hydrogens is 395 g/mol. The number of benzene rings is 1. The molecule has 1 unspecified atom stereocenters. The standard InChI is InChI=1S/C19H12F3NO2S2/c1-11(24)25-13-10-18(19(20,21)22,23-17(13)15-7-4-8-26-15)16-9-12-5-2-3-6-14(12)27-16/h2-10H,1H3. The Kier molecular flexibility index (Phi) is 4.20. The van der Waals surface area contributed by atoms with Crippen LogP contribution in [0, 0.1) is 0 Å². The van der Waals surface area contributed by atoms with Gasteiger partial charge in [0.2, 0.25) is 5.54 Å². The van der Waals surface area contributed by atoms with E-state index >= 15 is 0 Å². The number of aliphatic imine (C=N–C) groups is 1. The Bertz CT molecular complexity index is 1050. The van der Waals surface area contributed by atoms with E-state index in [2.05, 4.69) is 4.99 Å². The number of thiophene rings is 2. The smallest absolute Gasteiger partial charge is 0.422 e. The Morgan fingerprint density at radius 1 is 1.19 bits per heavy atom. The first kappa shape index (κ1) is 17.9. The van der Waals surface area contributed by atoms with Crippen LogP contribution in [0.4, 0.5) is 13.2 Å². The van der Waals surface area contributed by atoms with E-state index in [1.807, 2.05) is 0 Å². The third-order valence-corrected chi connectivity index (χ3v) is 6.22. The first-order valence-electron chi connectivity index (χ1n) is 7.91. The van der Waals surface area contributed by atoms with E-state index in [-0.39, 0.29) is 16.3 Å². The van der Waals surface area contributed by atoms with Crippen molar-refractivity contribution in [3.63, 3.8) is 0 Å². The van der Waals surface area contributed by atoms with Crippen LogP contribution in [0.2, 0.25) is 0 Å². The van der Waals surface area contributed by atoms with Crippen LogP contribution in [0.15, 0.2) is 64.7 Å². The molecule has 8 heteroatoms. The third kappa shape index (κ3) is 2.98. The number of hydrogen-bond acceptors (Lipinski definition) is 5. The lowest BCUT2D eigenvalue weighted by atomic mass is 9.97. The maximum Gasteiger partial charge on any atom is 0.422 e. The molecule has 3 aromatic rings. The molecule has 0 amide bonds. The Labute approximate surface area is 160 Å². The lowest BCUT2D eigenvalue weighted by Crippen LogP contribution is -2.37. The predicted molar refractivity (Wildman–Crippen MR) is 100 cm³/mol. The molecule has 3 nitrogen and oxygen atoms in total. The van der Waals surface area contributed by atoms with Crippen molar-refractivity contribution < 1.29 is 22.7 Å². The van der Waals surface area contributed by atoms with Gasteiger partial charge in [0, 0.05) is 22.6 Å². The van der Waals surface area contributed by atoms with E-state index in [9.17, 15) is 18.0 Å². The van der Waals surface area contributed by atoms with Crippen molar-refractivity contribution in [2.24, 2.45) is 4.99 Å². The number of fused-ring (bicyclic) bond motifs is 1. The van der Waals surface area contributed by atoms with Crippen LogP contribution in [0.5, 0.6) is 0 Å². The van der Waals surface area contributed by atoms with E-state index in [1.165, 1.54) is 17.4 Å². The number of nitrogens with zero attached hydrogens (tertiary/aromatic N) is 1. The van der Waals surface area contributed by atoms with E-state index in [4.69, 9.17) is 4.74 Å². The number of carbonyl (C=O) groups excluding carboxylic acids is 1. The Balaban J connectivity index is 1.96. The molecule has 0 N–H and O–H groups in total. The highest BCUT2D eigenvalue weighted by Gasteiger charge is 2.59. The van der Waals surface area contributed by atoms with E-state index in [0.717, 1.165) is 29.0 Å². The highest BCUT2D eigenvalue weighted by atomic mass is 32.1. The summed E-state index contributed by atoms with van der Waals surface area (Å²) < 4.78 is 48.7. The van der Waals surface area contributed by atoms with E-state index in [0.29, 0.717) is 10.3 Å². The minimum Gasteiger partial charge on any atom is -0.425 e. The van der Waals surface area contributed by atoms with Gasteiger partial charge < -0.3 is 4.74 Å². The number of halogens is 3. The Hall–Kier alpha value is -2.45. The quantitative estimate of drug-likeness (QED) is 0.525. The van der Waals surface area contributed by atoms with Gasteiger partial charge in [0.15, 0.2) is 5.76 Å². The lowest BCUT2D eigenvalue weighted by molar-refractivity contribution is -0.172. The van der Waals surface area contributed by atoms with Gasteiger partial charge in [-0.2, -0.15) is 13.2 Å². The van der Waals surface area contributed by atoms with Crippen molar-refractivity contribution in [1.82, 2.24) is 0 Å². The summed E-state index contributed by atoms with van der Waals surface area (Å²) >= 11 is 2.27. The second-order valence-corrected chi connectivity index (χ2v) is 7.98. The number of hydrogen-bond donors (Lipinski definition) is 0. The average Bonchev–Trinajstić information content (AvgIpc) is 3.31. The summed E-state index contributed by atoms with van der Waals surface area (Å²) in [7, 11) is 0. The molecule has 1 atom stereocenters. The van der Waals surface area contributed by atoms with Crippen molar-refractivity contribution in [1.29, 1.82) is 0 Å². The molecule has 0 radical (unpaired) electrons. The maximum atomic E-state index is 14.3. The first-order valence-corrected chi connectivity index (χ1v) is 9.61. The van der Waals surface area contributed by atoms with Crippen LogP contribution >= 0.6 is 22.7 Å². The van der Waals surface area contributed by atoms with Crippen molar-refractivity contribution in [2.45, 2.75) is 18.6 Å². The number of ether oxygens (including phenoxy) is 1. The summed E-state index contributed by atoms with van der Waals surface area (Å²) in [6, 6.07) is 11.9. The zero-order chi connectivity index (χ0) is 19.2. The van der Waals surface area contributed by atoms with Crippen molar-refractivity contribution >= 4 is 44.4 Å². The molecule has 4 rings (SSSR count). The van der Waals surface area contributed by atoms with Crippen LogP contribution in [0.25, 0.3) is 10.1 Å². The van der Waals surface area contributed by atoms with Gasteiger partial charge in [-0.1, -0.05) is 24.3 Å². The molecule has 27 heavy (non-hydrogen) atoms. The molecule has 2 aromatic heterocycles. The molecule has 1 aliphatic rings. The fourth-order valence-corrected chi connectivity index (χ4v) is 4.83. The number of carbonyl (C=O) groups is 1. The van der Waals surface area contributed by atoms with Gasteiger partial charge in [0.05, 0.1) is 4.88 Å². The highest BCUT2D eigenvalue weighted by molar-refractivity contribution is 7.19. The van der Waals surface area contributed by atoms with Gasteiger partial charge >= 0.3 is 12.1 Å². The second-order valence-electron chi connectivity index (χ2n) is 5.95. The number of alkyl halides is 3. The average molecular weight is 407 g/mol. The number of rotatable bonds is 3. The van der Waals surface area contributed by atoms with Crippen LogP contribution in [-0.4, -0.2) is 17.9 Å². The van der Waals surface area contributed by atoms with Gasteiger partial charge in [0.1, 0.15) is 5.71 Å². The molecule has 0 saturated carbocycles. The van der Waals surface area contributed by atoms with Crippen LogP contribution < -0.4 is 0 Å². The fraction of sp³-hybridized carbons (Fsp3) is 0.158. The number of esters is 1. The molecule has 1 aromatic carbocycles. The molecule has 0 saturated heterocycles. The Morgan fingerprint density at radius 2 is 1.96 bits per heavy atom. The summed E-state index contributed by atoms with van der Waals surface area (Å²) in [5, 5.41) is 2.44. The summed E-state index contributed by atoms with van der Waals surface area (Å²) in [6.07, 6.45) is -3.79. The molecule has 3 heterocycles. The summed E-state index contributed by atoms with van der Waals surface area (Å²) in [4.78, 5) is 16.1. The molecule has 0 bridgehead atoms. The minimum atomic E-state index is -4.70. The van der Waals surface area contributed by atoms with E-state index in [1.54, 1.807) is 41.8 Å². The second kappa shape index (κ2) is 6.31. The first-order chi connectivity index (χ1) is 12.8. The minimum absolute atomic E-state index is 0.0346. The van der Waals surface area contributed by atoms with Gasteiger partial charge in [-0.05, 0) is 29.0 Å². The summed E-state index contributed by atoms with van der Waals surface area (Å²) in [5.74, 6) is -0.862. The van der Waals surface area contributed by atoms with Gasteiger partial charge in [0.25, 0.3) is 0 Å². The van der Waals surface area contributed by atoms with Gasteiger partial charge in [-0.25, -0.2) is 0 Å². The van der Waals surface area contributed by atoms with Crippen molar-refractivity contribution in [3.8, 4) is 0 Å². The van der Waals surface area contributed by atoms with Crippen LogP contribution in [0.3, 0.4) is 0 Å². The zero-order valence-corrected chi connectivity index (χ0v) is 15.5. The summed E-state index contributed by atoms with van der Waals surface area (Å²) in [5.41, 5.74) is -2.55. The number of allylic oxidation sites excluding steroid dienone is 1. The summed E-state index contributed by atoms with van der Waals surface area (Å²) in [6.45, 7) is 1.15. The van der Waals surface area contributed by atoms with E-state index < -0.39 is 17.7 Å². The largest absolute Gasteiger partial charge is 0.425 e. The molecular formula is C19H12F3NO2S2. The van der Waals surface area contributed by atoms with Gasteiger partial charge in [-0.15, -0.1) is 22.7 Å².